The summed E-state index contributed by atoms with van der Waals surface area (Å²) in [6, 6.07) is 4.18. The number of rotatable bonds is 2. The fraction of sp³-hybridized carbons (Fsp3) is 0.143. The number of hydrogen-bond donors (Lipinski definition) is 1. The second kappa shape index (κ2) is 3.98. The first-order chi connectivity index (χ1) is 5.59. The van der Waals surface area contributed by atoms with Gasteiger partial charge in [-0.15, -0.1) is 0 Å². The maximum absolute atomic E-state index is 12.9. The van der Waals surface area contributed by atoms with Gasteiger partial charge in [-0.3, -0.25) is 5.14 Å². The zero-order chi connectivity index (χ0) is 9.14. The molecule has 0 amide bonds. The molecule has 0 heterocycles. The fourth-order valence-corrected chi connectivity index (χ4v) is 1.49. The molecule has 0 radical (unpaired) electrons. The Bertz CT molecular complexity index is 318. The molecule has 0 aliphatic rings. The van der Waals surface area contributed by atoms with Gasteiger partial charge in [0.05, 0.1) is 16.7 Å². The van der Waals surface area contributed by atoms with Gasteiger partial charge < -0.3 is 0 Å². The largest absolute Gasteiger partial charge is 0.252 e. The highest BCUT2D eigenvalue weighted by molar-refractivity contribution is 7.81. The Hall–Kier alpha value is -0.450. The average molecular weight is 208 g/mol. The summed E-state index contributed by atoms with van der Waals surface area (Å²) < 4.78 is 23.5. The third-order valence-electron chi connectivity index (χ3n) is 1.31. The minimum absolute atomic E-state index is 0.0169. The molecule has 0 spiro atoms. The first kappa shape index (κ1) is 9.64. The van der Waals surface area contributed by atoms with Crippen molar-refractivity contribution in [1.29, 1.82) is 0 Å². The summed E-state index contributed by atoms with van der Waals surface area (Å²) in [5, 5.41) is 5.32. The van der Waals surface area contributed by atoms with Crippen molar-refractivity contribution in [2.75, 3.05) is 0 Å². The van der Waals surface area contributed by atoms with Crippen LogP contribution < -0.4 is 5.14 Å². The summed E-state index contributed by atoms with van der Waals surface area (Å²) in [5.74, 6) is -0.454. The lowest BCUT2D eigenvalue weighted by Gasteiger charge is -1.99. The van der Waals surface area contributed by atoms with Crippen LogP contribution in [0.4, 0.5) is 4.39 Å². The van der Waals surface area contributed by atoms with Gasteiger partial charge in [-0.2, -0.15) is 0 Å². The predicted octanol–water partition coefficient (Wildman–Crippen LogP) is 1.60. The first-order valence-corrected chi connectivity index (χ1v) is 4.92. The van der Waals surface area contributed by atoms with Crippen LogP contribution in [0.15, 0.2) is 18.2 Å². The van der Waals surface area contributed by atoms with Crippen LogP contribution in [0.3, 0.4) is 0 Å². The van der Waals surface area contributed by atoms with Crippen LogP contribution in [-0.4, -0.2) is 4.21 Å². The summed E-state index contributed by atoms with van der Waals surface area (Å²) in [6.45, 7) is 0. The van der Waals surface area contributed by atoms with Gasteiger partial charge in [-0.25, -0.2) is 8.60 Å². The Morgan fingerprint density at radius 2 is 2.25 bits per heavy atom. The molecule has 2 nitrogen and oxygen atoms in total. The van der Waals surface area contributed by atoms with E-state index in [1.165, 1.54) is 18.2 Å². The van der Waals surface area contributed by atoms with E-state index in [4.69, 9.17) is 16.7 Å². The van der Waals surface area contributed by atoms with Gasteiger partial charge in [0.15, 0.2) is 0 Å². The molecule has 0 saturated heterocycles. The van der Waals surface area contributed by atoms with Crippen molar-refractivity contribution in [3.05, 3.63) is 34.6 Å². The molecule has 1 unspecified atom stereocenters. The first-order valence-electron chi connectivity index (χ1n) is 3.16. The Labute approximate surface area is 77.1 Å². The van der Waals surface area contributed by atoms with Crippen LogP contribution >= 0.6 is 11.6 Å². The van der Waals surface area contributed by atoms with Crippen LogP contribution in [0.5, 0.6) is 0 Å². The van der Waals surface area contributed by atoms with E-state index >= 15 is 0 Å². The van der Waals surface area contributed by atoms with Gasteiger partial charge >= 0.3 is 0 Å². The van der Waals surface area contributed by atoms with Gasteiger partial charge in [0.25, 0.3) is 0 Å². The van der Waals surface area contributed by atoms with Crippen molar-refractivity contribution in [2.24, 2.45) is 5.14 Å². The Morgan fingerprint density at radius 1 is 1.58 bits per heavy atom. The Kier molecular flexibility index (Phi) is 3.20. The van der Waals surface area contributed by atoms with E-state index in [9.17, 15) is 8.60 Å². The van der Waals surface area contributed by atoms with E-state index in [-0.39, 0.29) is 5.75 Å². The molecule has 12 heavy (non-hydrogen) atoms. The van der Waals surface area contributed by atoms with Gasteiger partial charge in [-0.05, 0) is 12.1 Å². The summed E-state index contributed by atoms with van der Waals surface area (Å²) in [5.41, 5.74) is 0.320. The van der Waals surface area contributed by atoms with Gasteiger partial charge in [0, 0.05) is 10.6 Å². The summed E-state index contributed by atoms with van der Waals surface area (Å²) in [7, 11) is -1.52. The summed E-state index contributed by atoms with van der Waals surface area (Å²) >= 11 is 5.51. The molecule has 1 rings (SSSR count). The minimum Gasteiger partial charge on any atom is -0.252 e. The van der Waals surface area contributed by atoms with Crippen molar-refractivity contribution >= 4 is 22.6 Å². The van der Waals surface area contributed by atoms with E-state index < -0.39 is 16.8 Å². The van der Waals surface area contributed by atoms with Crippen molar-refractivity contribution in [3.63, 3.8) is 0 Å². The fourth-order valence-electron chi connectivity index (χ4n) is 0.792. The molecule has 1 aromatic rings. The van der Waals surface area contributed by atoms with E-state index in [0.29, 0.717) is 10.6 Å². The van der Waals surface area contributed by atoms with Crippen molar-refractivity contribution < 1.29 is 8.60 Å². The lowest BCUT2D eigenvalue weighted by atomic mass is 10.2. The van der Waals surface area contributed by atoms with Crippen molar-refractivity contribution in [2.45, 2.75) is 5.75 Å². The maximum atomic E-state index is 12.9. The van der Waals surface area contributed by atoms with Crippen LogP contribution in [0.2, 0.25) is 5.02 Å². The molecule has 0 aromatic heterocycles. The highest BCUT2D eigenvalue weighted by Crippen LogP contribution is 2.15. The van der Waals surface area contributed by atoms with Crippen molar-refractivity contribution in [1.82, 2.24) is 0 Å². The molecule has 2 N–H and O–H groups in total. The molecule has 0 bridgehead atoms. The predicted molar refractivity (Wildman–Crippen MR) is 47.4 cm³/mol. The zero-order valence-corrected chi connectivity index (χ0v) is 7.66. The maximum Gasteiger partial charge on any atom is 0.128 e. The molecule has 0 aliphatic heterocycles. The molecule has 1 atom stereocenters. The van der Waals surface area contributed by atoms with Gasteiger partial charge in [-0.1, -0.05) is 17.7 Å². The second-order valence-corrected chi connectivity index (χ2v) is 3.75. The number of halogens is 2. The molecule has 0 aliphatic carbocycles. The normalized spacial score (nSPS) is 12.9. The zero-order valence-electron chi connectivity index (χ0n) is 6.09. The van der Waals surface area contributed by atoms with Crippen molar-refractivity contribution in [3.8, 4) is 0 Å². The number of nitrogens with two attached hydrogens (primary N) is 1. The number of hydrogen-bond acceptors (Lipinski definition) is 1. The third kappa shape index (κ3) is 2.55. The molecule has 1 aromatic carbocycles. The lowest BCUT2D eigenvalue weighted by Crippen LogP contribution is -2.06. The van der Waals surface area contributed by atoms with E-state index in [2.05, 4.69) is 0 Å². The Balaban J connectivity index is 2.93. The Morgan fingerprint density at radius 3 is 2.75 bits per heavy atom. The molecular weight excluding hydrogens is 201 g/mol. The van der Waals surface area contributed by atoms with Crippen LogP contribution in [0.1, 0.15) is 5.56 Å². The van der Waals surface area contributed by atoms with Crippen LogP contribution in [0.25, 0.3) is 0 Å². The molecule has 66 valence electrons. The number of benzene rings is 1. The highest BCUT2D eigenvalue weighted by atomic mass is 35.5. The smallest absolute Gasteiger partial charge is 0.128 e. The SMILES string of the molecule is NS(=O)Cc1ccc(Cl)cc1F. The topological polar surface area (TPSA) is 43.1 Å². The molecular formula is C7H7ClFNOS. The lowest BCUT2D eigenvalue weighted by molar-refractivity contribution is 0.615. The highest BCUT2D eigenvalue weighted by Gasteiger charge is 2.04. The average Bonchev–Trinajstić information content (AvgIpc) is 1.94. The van der Waals surface area contributed by atoms with Crippen LogP contribution in [0, 0.1) is 5.82 Å². The molecule has 0 fully saturated rings. The molecule has 0 saturated carbocycles. The quantitative estimate of drug-likeness (QED) is 0.787. The van der Waals surface area contributed by atoms with E-state index in [1.807, 2.05) is 0 Å². The van der Waals surface area contributed by atoms with E-state index in [1.54, 1.807) is 0 Å². The standard InChI is InChI=1S/C7H7ClFNOS/c8-6-2-1-5(4-12(10)11)7(9)3-6/h1-3H,4,10H2. The summed E-state index contributed by atoms with van der Waals surface area (Å²) in [4.78, 5) is 0. The van der Waals surface area contributed by atoms with Crippen LogP contribution in [-0.2, 0) is 16.7 Å². The third-order valence-corrected chi connectivity index (χ3v) is 2.14. The monoisotopic (exact) mass is 207 g/mol. The van der Waals surface area contributed by atoms with Gasteiger partial charge in [0.1, 0.15) is 5.82 Å². The molecule has 5 heteroatoms. The second-order valence-electron chi connectivity index (χ2n) is 2.26. The van der Waals surface area contributed by atoms with Gasteiger partial charge in [0.2, 0.25) is 0 Å². The minimum atomic E-state index is -1.52. The summed E-state index contributed by atoms with van der Waals surface area (Å²) in [6.07, 6.45) is 0. The van der Waals surface area contributed by atoms with E-state index in [0.717, 1.165) is 0 Å².